The Hall–Kier alpha value is -3.64. The number of hydrogen-bond donors (Lipinski definition) is 3. The number of sulfonamides is 1. The Morgan fingerprint density at radius 2 is 1.62 bits per heavy atom. The van der Waals surface area contributed by atoms with Crippen LogP contribution in [0, 0.1) is 13.8 Å². The molecule has 39 heavy (non-hydrogen) atoms. The summed E-state index contributed by atoms with van der Waals surface area (Å²) in [5.74, 6) is -0.366. The third kappa shape index (κ3) is 10.6. The molecule has 0 aliphatic rings. The predicted octanol–water partition coefficient (Wildman–Crippen LogP) is 2.73. The van der Waals surface area contributed by atoms with Crippen LogP contribution in [0.25, 0.3) is 0 Å². The monoisotopic (exact) mass is 563 g/mol. The first-order valence-electron chi connectivity index (χ1n) is 12.6. The van der Waals surface area contributed by atoms with Crippen LogP contribution in [-0.2, 0) is 35.7 Å². The van der Waals surface area contributed by atoms with Gasteiger partial charge < -0.3 is 24.8 Å². The molecule has 0 spiro atoms. The maximum atomic E-state index is 12.9. The fourth-order valence-electron chi connectivity index (χ4n) is 3.76. The van der Waals surface area contributed by atoms with Gasteiger partial charge in [0.25, 0.3) is 0 Å². The summed E-state index contributed by atoms with van der Waals surface area (Å²) in [5, 5.41) is 5.29. The van der Waals surface area contributed by atoms with E-state index in [0.717, 1.165) is 5.56 Å². The van der Waals surface area contributed by atoms with Gasteiger partial charge in [-0.1, -0.05) is 37.3 Å². The van der Waals surface area contributed by atoms with Crippen LogP contribution < -0.4 is 20.1 Å². The highest BCUT2D eigenvalue weighted by atomic mass is 32.2. The second-order valence-corrected chi connectivity index (χ2v) is 10.4. The Kier molecular flexibility index (Phi) is 12.7. The van der Waals surface area contributed by atoms with Gasteiger partial charge in [0.2, 0.25) is 15.9 Å². The highest BCUT2D eigenvalue weighted by Crippen LogP contribution is 2.26. The zero-order valence-electron chi connectivity index (χ0n) is 22.7. The SMILES string of the molecule is CC[C@H](NS(=O)(=O)c1c(C)cc(OCCCC(=O)NCCNC(=O)OCc2ccccc2)cc1C)C(=O)OC. The molecular formula is C27H37N3O8S. The van der Waals surface area contributed by atoms with Gasteiger partial charge in [0.1, 0.15) is 18.4 Å². The molecule has 0 heterocycles. The molecule has 2 aromatic carbocycles. The molecule has 0 aliphatic carbocycles. The average molecular weight is 564 g/mol. The van der Waals surface area contributed by atoms with E-state index in [2.05, 4.69) is 20.1 Å². The summed E-state index contributed by atoms with van der Waals surface area (Å²) in [5.41, 5.74) is 1.81. The number of methoxy groups -OCH3 is 1. The number of nitrogens with one attached hydrogen (secondary N) is 3. The largest absolute Gasteiger partial charge is 0.494 e. The Labute approximate surface area is 229 Å². The first kappa shape index (κ1) is 31.6. The quantitative estimate of drug-likeness (QED) is 0.221. The summed E-state index contributed by atoms with van der Waals surface area (Å²) >= 11 is 0. The molecule has 214 valence electrons. The van der Waals surface area contributed by atoms with Crippen LogP contribution in [0.4, 0.5) is 4.79 Å². The molecule has 0 saturated heterocycles. The number of benzene rings is 2. The molecule has 0 saturated carbocycles. The number of alkyl carbamates (subject to hydrolysis) is 1. The molecule has 0 aromatic heterocycles. The summed E-state index contributed by atoms with van der Waals surface area (Å²) in [6, 6.07) is 11.5. The normalized spacial score (nSPS) is 11.8. The van der Waals surface area contributed by atoms with Gasteiger partial charge in [-0.05, 0) is 55.5 Å². The third-order valence-corrected chi connectivity index (χ3v) is 7.42. The predicted molar refractivity (Wildman–Crippen MR) is 145 cm³/mol. The highest BCUT2D eigenvalue weighted by Gasteiger charge is 2.27. The van der Waals surface area contributed by atoms with Gasteiger partial charge in [0, 0.05) is 19.5 Å². The zero-order chi connectivity index (χ0) is 28.8. The van der Waals surface area contributed by atoms with E-state index < -0.39 is 28.1 Å². The van der Waals surface area contributed by atoms with E-state index in [-0.39, 0.29) is 49.9 Å². The number of amides is 2. The van der Waals surface area contributed by atoms with E-state index in [1.807, 2.05) is 30.3 Å². The number of carbonyl (C=O) groups is 3. The smallest absolute Gasteiger partial charge is 0.407 e. The topological polar surface area (TPSA) is 149 Å². The lowest BCUT2D eigenvalue weighted by Gasteiger charge is -2.18. The number of aryl methyl sites for hydroxylation is 2. The molecule has 2 rings (SSSR count). The summed E-state index contributed by atoms with van der Waals surface area (Å²) in [6.07, 6.45) is 0.348. The standard InChI is InChI=1S/C27H37N3O8S/c1-5-23(26(32)36-4)30-39(34,35)25-19(2)16-22(17-20(25)3)37-15-9-12-24(31)28-13-14-29-27(33)38-18-21-10-7-6-8-11-21/h6-8,10-11,16-17,23,30H,5,9,12-15,18H2,1-4H3,(H,28,31)(H,29,33)/t23-/m0/s1. The minimum atomic E-state index is -3.97. The molecule has 0 fully saturated rings. The van der Waals surface area contributed by atoms with Gasteiger partial charge in [-0.25, -0.2) is 13.2 Å². The Balaban J connectivity index is 1.72. The van der Waals surface area contributed by atoms with Crippen molar-refractivity contribution in [3.05, 3.63) is 59.2 Å². The van der Waals surface area contributed by atoms with E-state index in [4.69, 9.17) is 9.47 Å². The molecule has 12 heteroatoms. The van der Waals surface area contributed by atoms with Crippen LogP contribution in [0.1, 0.15) is 42.9 Å². The van der Waals surface area contributed by atoms with Crippen LogP contribution in [0.2, 0.25) is 0 Å². The second kappa shape index (κ2) is 15.7. The molecule has 3 N–H and O–H groups in total. The Bertz CT molecular complexity index is 1200. The van der Waals surface area contributed by atoms with E-state index in [0.29, 0.717) is 23.3 Å². The van der Waals surface area contributed by atoms with Crippen LogP contribution in [0.15, 0.2) is 47.4 Å². The number of hydrogen-bond acceptors (Lipinski definition) is 8. The van der Waals surface area contributed by atoms with E-state index in [9.17, 15) is 22.8 Å². The fourth-order valence-corrected chi connectivity index (χ4v) is 5.48. The molecule has 11 nitrogen and oxygen atoms in total. The van der Waals surface area contributed by atoms with Gasteiger partial charge in [-0.2, -0.15) is 4.72 Å². The molecule has 0 aliphatic heterocycles. The van der Waals surface area contributed by atoms with Crippen molar-refractivity contribution in [3.8, 4) is 5.75 Å². The summed E-state index contributed by atoms with van der Waals surface area (Å²) in [4.78, 5) is 35.7. The minimum Gasteiger partial charge on any atom is -0.494 e. The highest BCUT2D eigenvalue weighted by molar-refractivity contribution is 7.89. The number of carbonyl (C=O) groups excluding carboxylic acids is 3. The van der Waals surface area contributed by atoms with E-state index >= 15 is 0 Å². The van der Waals surface area contributed by atoms with Gasteiger partial charge in [0.15, 0.2) is 0 Å². The molecule has 2 aromatic rings. The first-order chi connectivity index (χ1) is 18.6. The third-order valence-electron chi connectivity index (χ3n) is 5.64. The van der Waals surface area contributed by atoms with Crippen LogP contribution >= 0.6 is 0 Å². The molecule has 0 unspecified atom stereocenters. The number of ether oxygens (including phenoxy) is 3. The molecular weight excluding hydrogens is 526 g/mol. The average Bonchev–Trinajstić information content (AvgIpc) is 2.90. The molecule has 1 atom stereocenters. The van der Waals surface area contributed by atoms with Crippen LogP contribution in [0.5, 0.6) is 5.75 Å². The lowest BCUT2D eigenvalue weighted by molar-refractivity contribution is -0.142. The maximum Gasteiger partial charge on any atom is 0.407 e. The van der Waals surface area contributed by atoms with Crippen molar-refractivity contribution in [2.45, 2.75) is 57.6 Å². The zero-order valence-corrected chi connectivity index (χ0v) is 23.6. The van der Waals surface area contributed by atoms with Gasteiger partial charge >= 0.3 is 12.1 Å². The van der Waals surface area contributed by atoms with Crippen LogP contribution in [-0.4, -0.2) is 59.2 Å². The van der Waals surface area contributed by atoms with E-state index in [1.165, 1.54) is 7.11 Å². The molecule has 0 bridgehead atoms. The van der Waals surface area contributed by atoms with Crippen molar-refractivity contribution in [1.29, 1.82) is 0 Å². The van der Waals surface area contributed by atoms with Crippen molar-refractivity contribution < 1.29 is 37.0 Å². The summed E-state index contributed by atoms with van der Waals surface area (Å²) < 4.78 is 43.7. The maximum absolute atomic E-state index is 12.9. The minimum absolute atomic E-state index is 0.0779. The molecule has 0 radical (unpaired) electrons. The lowest BCUT2D eigenvalue weighted by atomic mass is 10.1. The first-order valence-corrected chi connectivity index (χ1v) is 14.1. The van der Waals surface area contributed by atoms with Gasteiger partial charge in [-0.3, -0.25) is 9.59 Å². The lowest BCUT2D eigenvalue weighted by Crippen LogP contribution is -2.41. The van der Waals surface area contributed by atoms with Gasteiger partial charge in [0.05, 0.1) is 18.6 Å². The van der Waals surface area contributed by atoms with Crippen molar-refractivity contribution in [2.24, 2.45) is 0 Å². The van der Waals surface area contributed by atoms with Crippen molar-refractivity contribution in [2.75, 3.05) is 26.8 Å². The van der Waals surface area contributed by atoms with Crippen LogP contribution in [0.3, 0.4) is 0 Å². The number of esters is 1. The van der Waals surface area contributed by atoms with Gasteiger partial charge in [-0.15, -0.1) is 0 Å². The van der Waals surface area contributed by atoms with E-state index in [1.54, 1.807) is 32.9 Å². The molecule has 2 amide bonds. The Morgan fingerprint density at radius 1 is 0.974 bits per heavy atom. The summed E-state index contributed by atoms with van der Waals surface area (Å²) in [6.45, 7) is 5.89. The second-order valence-electron chi connectivity index (χ2n) is 8.78. The van der Waals surface area contributed by atoms with Crippen molar-refractivity contribution in [1.82, 2.24) is 15.4 Å². The van der Waals surface area contributed by atoms with Crippen molar-refractivity contribution in [3.63, 3.8) is 0 Å². The summed E-state index contributed by atoms with van der Waals surface area (Å²) in [7, 11) is -2.76. The Morgan fingerprint density at radius 3 is 2.23 bits per heavy atom. The fraction of sp³-hybridized carbons (Fsp3) is 0.444. The number of rotatable bonds is 15. The van der Waals surface area contributed by atoms with Crippen molar-refractivity contribution >= 4 is 28.0 Å².